The lowest BCUT2D eigenvalue weighted by Gasteiger charge is -2.20. The van der Waals surface area contributed by atoms with Gasteiger partial charge in [0, 0.05) is 13.0 Å². The average molecular weight is 846 g/mol. The molecule has 0 spiro atoms. The summed E-state index contributed by atoms with van der Waals surface area (Å²) in [6, 6.07) is -1.49. The third kappa shape index (κ3) is 42.8. The fourth-order valence-corrected chi connectivity index (χ4v) is 6.18. The Morgan fingerprint density at radius 1 is 0.559 bits per heavy atom. The quantitative estimate of drug-likeness (QED) is 0.0234. The van der Waals surface area contributed by atoms with Crippen LogP contribution in [-0.2, 0) is 32.7 Å². The number of carbonyl (C=O) groups excluding carboxylic acids is 1. The van der Waals surface area contributed by atoms with Crippen LogP contribution in [0.2, 0.25) is 0 Å². The summed E-state index contributed by atoms with van der Waals surface area (Å²) in [6.07, 6.45) is 56.0. The monoisotopic (exact) mass is 846 g/mol. The van der Waals surface area contributed by atoms with Crippen molar-refractivity contribution in [3.05, 3.63) is 97.2 Å². The van der Waals surface area contributed by atoms with E-state index in [-0.39, 0.29) is 13.0 Å². The van der Waals surface area contributed by atoms with E-state index in [2.05, 4.69) is 111 Å². The highest BCUT2D eigenvalue weighted by molar-refractivity contribution is 7.47. The maximum Gasteiger partial charge on any atom is 0.472 e. The van der Waals surface area contributed by atoms with Crippen LogP contribution in [0, 0.1) is 0 Å². The van der Waals surface area contributed by atoms with E-state index in [1.807, 2.05) is 0 Å². The second-order valence-corrected chi connectivity index (χ2v) is 15.9. The Morgan fingerprint density at radius 3 is 1.47 bits per heavy atom. The molecule has 11 heteroatoms. The minimum Gasteiger partial charge on any atom is -0.480 e. The number of unbranched alkanes of at least 4 members (excludes halogenated alkanes) is 11. The number of aliphatic carboxylic acids is 1. The Morgan fingerprint density at radius 2 is 0.983 bits per heavy atom. The molecule has 0 aliphatic rings. The molecule has 336 valence electrons. The van der Waals surface area contributed by atoms with Crippen molar-refractivity contribution in [3.8, 4) is 0 Å². The molecule has 0 aromatic carbocycles. The third-order valence-electron chi connectivity index (χ3n) is 8.85. The van der Waals surface area contributed by atoms with Crippen molar-refractivity contribution in [1.29, 1.82) is 0 Å². The number of phosphoric ester groups is 1. The number of carboxylic acids is 1. The van der Waals surface area contributed by atoms with E-state index < -0.39 is 45.1 Å². The molecule has 0 aliphatic carbocycles. The Hall–Kier alpha value is -3.11. The molecule has 0 aromatic rings. The van der Waals surface area contributed by atoms with Gasteiger partial charge in [-0.2, -0.15) is 0 Å². The number of allylic oxidation sites excluding steroid dienone is 16. The van der Waals surface area contributed by atoms with Crippen molar-refractivity contribution in [2.75, 3.05) is 26.4 Å². The average Bonchev–Trinajstić information content (AvgIpc) is 3.21. The molecule has 4 N–H and O–H groups in total. The molecule has 10 nitrogen and oxygen atoms in total. The summed E-state index contributed by atoms with van der Waals surface area (Å²) in [5.41, 5.74) is 5.35. The van der Waals surface area contributed by atoms with Crippen LogP contribution in [0.15, 0.2) is 97.2 Å². The topological polar surface area (TPSA) is 155 Å². The van der Waals surface area contributed by atoms with E-state index in [1.165, 1.54) is 19.3 Å². The van der Waals surface area contributed by atoms with E-state index in [1.54, 1.807) is 0 Å². The van der Waals surface area contributed by atoms with E-state index in [0.717, 1.165) is 109 Å². The Kier molecular flexibility index (Phi) is 40.7. The van der Waals surface area contributed by atoms with Crippen molar-refractivity contribution < 1.29 is 42.7 Å². The molecular weight excluding hydrogens is 765 g/mol. The summed E-state index contributed by atoms with van der Waals surface area (Å²) >= 11 is 0. The van der Waals surface area contributed by atoms with Gasteiger partial charge in [0.1, 0.15) is 12.1 Å². The molecule has 3 atom stereocenters. The lowest BCUT2D eigenvalue weighted by Crippen LogP contribution is -2.34. The van der Waals surface area contributed by atoms with Gasteiger partial charge in [-0.3, -0.25) is 18.6 Å². The van der Waals surface area contributed by atoms with E-state index in [9.17, 15) is 19.0 Å². The molecule has 0 saturated carbocycles. The highest BCUT2D eigenvalue weighted by Gasteiger charge is 2.27. The van der Waals surface area contributed by atoms with Gasteiger partial charge in [0.25, 0.3) is 0 Å². The van der Waals surface area contributed by atoms with Gasteiger partial charge in [-0.1, -0.05) is 150 Å². The Balaban J connectivity index is 4.34. The number of hydrogen-bond donors (Lipinski definition) is 3. The minimum absolute atomic E-state index is 0.0182. The van der Waals surface area contributed by atoms with E-state index >= 15 is 0 Å². The zero-order chi connectivity index (χ0) is 43.3. The van der Waals surface area contributed by atoms with Gasteiger partial charge in [-0.05, 0) is 96.3 Å². The van der Waals surface area contributed by atoms with Crippen molar-refractivity contribution in [1.82, 2.24) is 0 Å². The molecule has 0 aliphatic heterocycles. The second-order valence-electron chi connectivity index (χ2n) is 14.4. The number of ether oxygens (including phenoxy) is 2. The van der Waals surface area contributed by atoms with E-state index in [0.29, 0.717) is 13.0 Å². The Labute approximate surface area is 358 Å². The van der Waals surface area contributed by atoms with Gasteiger partial charge in [-0.25, -0.2) is 4.57 Å². The number of esters is 1. The first-order valence-electron chi connectivity index (χ1n) is 22.3. The number of rotatable bonds is 41. The van der Waals surface area contributed by atoms with Crippen LogP contribution in [0.4, 0.5) is 0 Å². The van der Waals surface area contributed by atoms with E-state index in [4.69, 9.17) is 29.4 Å². The lowest BCUT2D eigenvalue weighted by molar-refractivity contribution is -0.154. The molecule has 0 fully saturated rings. The smallest absolute Gasteiger partial charge is 0.472 e. The first-order valence-corrected chi connectivity index (χ1v) is 23.8. The molecule has 0 bridgehead atoms. The van der Waals surface area contributed by atoms with Gasteiger partial charge in [0.05, 0.1) is 19.8 Å². The van der Waals surface area contributed by atoms with Crippen LogP contribution < -0.4 is 5.73 Å². The molecule has 3 unspecified atom stereocenters. The third-order valence-corrected chi connectivity index (χ3v) is 9.80. The highest BCUT2D eigenvalue weighted by Crippen LogP contribution is 2.43. The number of carboxylic acid groups (broad SMARTS) is 1. The molecule has 59 heavy (non-hydrogen) atoms. The van der Waals surface area contributed by atoms with Gasteiger partial charge in [0.15, 0.2) is 0 Å². The van der Waals surface area contributed by atoms with Crippen LogP contribution in [-0.4, -0.2) is 60.5 Å². The zero-order valence-corrected chi connectivity index (χ0v) is 37.4. The maximum absolute atomic E-state index is 12.6. The van der Waals surface area contributed by atoms with Gasteiger partial charge in [-0.15, -0.1) is 0 Å². The predicted octanol–water partition coefficient (Wildman–Crippen LogP) is 12.5. The number of nitrogens with two attached hydrogens (primary N) is 1. The fourth-order valence-electron chi connectivity index (χ4n) is 5.40. The molecular formula is C48H80NO9P. The minimum atomic E-state index is -4.64. The van der Waals surface area contributed by atoms with Crippen molar-refractivity contribution in [2.45, 2.75) is 167 Å². The highest BCUT2D eigenvalue weighted by atomic mass is 31.2. The van der Waals surface area contributed by atoms with Crippen LogP contribution >= 0.6 is 7.82 Å². The number of hydrogen-bond acceptors (Lipinski definition) is 8. The molecule has 0 saturated heterocycles. The summed E-state index contributed by atoms with van der Waals surface area (Å²) in [4.78, 5) is 33.5. The number of carbonyl (C=O) groups is 2. The summed E-state index contributed by atoms with van der Waals surface area (Å²) in [5, 5.41) is 8.90. The Bertz CT molecular complexity index is 1300. The van der Waals surface area contributed by atoms with Crippen molar-refractivity contribution in [2.24, 2.45) is 5.73 Å². The molecule has 0 amide bonds. The molecule has 0 radical (unpaired) electrons. The zero-order valence-electron chi connectivity index (χ0n) is 36.6. The predicted molar refractivity (Wildman–Crippen MR) is 244 cm³/mol. The van der Waals surface area contributed by atoms with Gasteiger partial charge < -0.3 is 25.2 Å². The summed E-state index contributed by atoms with van der Waals surface area (Å²) in [5.74, 6) is -1.82. The lowest BCUT2D eigenvalue weighted by atomic mass is 10.1. The summed E-state index contributed by atoms with van der Waals surface area (Å²) in [7, 11) is -4.64. The standard InChI is InChI=1S/C48H80NO9P/c1-3-5-7-9-11-13-15-17-19-20-21-22-23-24-25-27-29-31-33-35-37-39-41-55-42-45(43-56-59(53,54)57-44-46(49)48(51)52)58-47(50)40-38-36-34-32-30-28-26-18-16-14-12-10-8-6-4-2/h5,7,11-14,17-19,21-22,24-26,29,31,45-46H,3-4,6,8-10,15-16,20,23,27-28,30,32-44,49H2,1-2H3,(H,51,52)(H,53,54)/b7-5-,13-11-,14-12-,19-17-,22-21-,25-24-,26-18-,31-29-. The van der Waals surface area contributed by atoms with Gasteiger partial charge in [0.2, 0.25) is 0 Å². The molecule has 0 rings (SSSR count). The summed E-state index contributed by atoms with van der Waals surface area (Å²) in [6.45, 7) is 3.61. The molecule has 0 aromatic heterocycles. The van der Waals surface area contributed by atoms with Crippen molar-refractivity contribution in [3.63, 3.8) is 0 Å². The largest absolute Gasteiger partial charge is 0.480 e. The van der Waals surface area contributed by atoms with Crippen LogP contribution in [0.1, 0.15) is 155 Å². The SMILES string of the molecule is CC/C=C\C/C=C\C/C=C\C/C=C\C/C=C\C/C=C\CCCCCOCC(COP(=O)(O)OCC(N)C(=O)O)OC(=O)CCCCCCC/C=C\C/C=C\CCCCC. The molecule has 0 heterocycles. The first-order chi connectivity index (χ1) is 28.7. The van der Waals surface area contributed by atoms with Crippen LogP contribution in [0.3, 0.4) is 0 Å². The maximum atomic E-state index is 12.6. The van der Waals surface area contributed by atoms with Crippen LogP contribution in [0.25, 0.3) is 0 Å². The summed E-state index contributed by atoms with van der Waals surface area (Å²) < 4.78 is 33.3. The first kappa shape index (κ1) is 55.9. The van der Waals surface area contributed by atoms with Gasteiger partial charge >= 0.3 is 19.8 Å². The number of phosphoric acid groups is 1. The van der Waals surface area contributed by atoms with Crippen molar-refractivity contribution >= 4 is 19.8 Å². The van der Waals surface area contributed by atoms with Crippen LogP contribution in [0.5, 0.6) is 0 Å². The normalized spacial score (nSPS) is 14.8. The second kappa shape index (κ2) is 43.0. The fraction of sp³-hybridized carbons (Fsp3) is 0.625.